The van der Waals surface area contributed by atoms with Gasteiger partial charge in [0, 0.05) is 82.8 Å². The normalized spacial score (nSPS) is 19.1. The quantitative estimate of drug-likeness (QED) is 0.546. The summed E-state index contributed by atoms with van der Waals surface area (Å²) in [6, 6.07) is 14.7. The monoisotopic (exact) mass is 477 g/mol. The summed E-state index contributed by atoms with van der Waals surface area (Å²) in [6.45, 7) is 5.76. The summed E-state index contributed by atoms with van der Waals surface area (Å²) in [4.78, 5) is 23.9. The van der Waals surface area contributed by atoms with Crippen LogP contribution < -0.4 is 4.74 Å². The predicted molar refractivity (Wildman–Crippen MR) is 131 cm³/mol. The first-order valence-corrected chi connectivity index (χ1v) is 12.2. The predicted octanol–water partition coefficient (Wildman–Crippen LogP) is 3.23. The molecule has 35 heavy (non-hydrogen) atoms. The maximum Gasteiger partial charge on any atom is 0.223 e. The van der Waals surface area contributed by atoms with Gasteiger partial charge < -0.3 is 14.2 Å². The minimum atomic E-state index is -0.426. The molecule has 0 radical (unpaired) electrons. The minimum absolute atomic E-state index is 0.169. The van der Waals surface area contributed by atoms with E-state index in [4.69, 9.17) is 4.74 Å². The molecule has 0 spiro atoms. The zero-order valence-corrected chi connectivity index (χ0v) is 20.1. The first kappa shape index (κ1) is 23.5. The number of benzene rings is 2. The van der Waals surface area contributed by atoms with Gasteiger partial charge in [-0.3, -0.25) is 14.6 Å². The summed E-state index contributed by atoms with van der Waals surface area (Å²) < 4.78 is 22.9. The number of para-hydroxylation sites is 1. The summed E-state index contributed by atoms with van der Waals surface area (Å²) in [6.07, 6.45) is 3.78. The second-order valence-electron chi connectivity index (χ2n) is 9.33. The van der Waals surface area contributed by atoms with Crippen molar-refractivity contribution in [1.82, 2.24) is 24.3 Å². The van der Waals surface area contributed by atoms with E-state index in [9.17, 15) is 9.18 Å². The molecule has 0 saturated carbocycles. The molecule has 8 heteroatoms. The van der Waals surface area contributed by atoms with E-state index in [2.05, 4.69) is 14.8 Å². The Morgan fingerprint density at radius 1 is 1.06 bits per heavy atom. The van der Waals surface area contributed by atoms with Crippen molar-refractivity contribution >= 4 is 5.91 Å². The number of nitrogens with zero attached hydrogens (tertiary/aromatic N) is 5. The first-order chi connectivity index (χ1) is 17.1. The molecule has 184 valence electrons. The zero-order valence-electron chi connectivity index (χ0n) is 20.1. The number of imidazole rings is 1. The summed E-state index contributed by atoms with van der Waals surface area (Å²) in [5.74, 6) is 1.72. The van der Waals surface area contributed by atoms with Gasteiger partial charge >= 0.3 is 0 Å². The van der Waals surface area contributed by atoms with Crippen LogP contribution in [0.4, 0.5) is 4.39 Å². The van der Waals surface area contributed by atoms with Crippen LogP contribution in [0.1, 0.15) is 29.5 Å². The van der Waals surface area contributed by atoms with Gasteiger partial charge in [0.25, 0.3) is 0 Å². The number of rotatable bonds is 6. The molecule has 2 aromatic carbocycles. The fourth-order valence-electron chi connectivity index (χ4n) is 4.86. The molecule has 1 unspecified atom stereocenters. The van der Waals surface area contributed by atoms with Gasteiger partial charge in [-0.05, 0) is 12.1 Å². The largest absolute Gasteiger partial charge is 0.484 e. The molecule has 0 aliphatic carbocycles. The van der Waals surface area contributed by atoms with Crippen LogP contribution in [0.15, 0.2) is 60.9 Å². The number of ether oxygens (including phenoxy) is 1. The van der Waals surface area contributed by atoms with Gasteiger partial charge in [-0.1, -0.05) is 36.4 Å². The molecule has 0 N–H and O–H groups in total. The highest BCUT2D eigenvalue weighted by atomic mass is 19.1. The summed E-state index contributed by atoms with van der Waals surface area (Å²) in [7, 11) is 2.01. The lowest BCUT2D eigenvalue weighted by atomic mass is 10.1. The van der Waals surface area contributed by atoms with E-state index < -0.39 is 6.10 Å². The molecule has 0 bridgehead atoms. The number of aryl methyl sites for hydroxylation is 1. The van der Waals surface area contributed by atoms with Crippen LogP contribution in [-0.4, -0.2) is 69.4 Å². The molecule has 1 amide bonds. The van der Waals surface area contributed by atoms with Gasteiger partial charge in [0.1, 0.15) is 23.5 Å². The van der Waals surface area contributed by atoms with Gasteiger partial charge in [-0.15, -0.1) is 0 Å². The minimum Gasteiger partial charge on any atom is -0.484 e. The molecule has 1 fully saturated rings. The number of piperazine rings is 1. The molecule has 1 saturated heterocycles. The third-order valence-corrected chi connectivity index (χ3v) is 6.96. The maximum atomic E-state index is 14.6. The Morgan fingerprint density at radius 3 is 2.60 bits per heavy atom. The van der Waals surface area contributed by atoms with E-state index in [-0.39, 0.29) is 11.7 Å². The standard InChI is InChI=1S/C27H32FN5O2/c1-30-13-11-29-26(30)20-31-14-16-33(17-15-31)27(34)10-12-32-18-21-6-2-5-9-24(21)35-25(19-32)22-7-3-4-8-23(22)28/h2-9,11,13,25H,10,12,14-20H2,1H3. The lowest BCUT2D eigenvalue weighted by molar-refractivity contribution is -0.133. The van der Waals surface area contributed by atoms with E-state index in [1.807, 2.05) is 59.2 Å². The number of carbonyl (C=O) groups is 1. The van der Waals surface area contributed by atoms with Crippen LogP contribution in [0.25, 0.3) is 0 Å². The number of hydrogen-bond donors (Lipinski definition) is 0. The molecular formula is C27H32FN5O2. The lowest BCUT2D eigenvalue weighted by Crippen LogP contribution is -2.49. The molecule has 1 atom stereocenters. The fraction of sp³-hybridized carbons (Fsp3) is 0.407. The highest BCUT2D eigenvalue weighted by molar-refractivity contribution is 5.76. The van der Waals surface area contributed by atoms with Crippen molar-refractivity contribution in [2.24, 2.45) is 7.05 Å². The Bertz CT molecular complexity index is 1160. The van der Waals surface area contributed by atoms with Gasteiger partial charge in [0.15, 0.2) is 0 Å². The third kappa shape index (κ3) is 5.55. The van der Waals surface area contributed by atoms with Crippen LogP contribution in [0.2, 0.25) is 0 Å². The second-order valence-corrected chi connectivity index (χ2v) is 9.33. The maximum absolute atomic E-state index is 14.6. The molecule has 2 aliphatic rings. The van der Waals surface area contributed by atoms with E-state index in [0.717, 1.165) is 49.9 Å². The average molecular weight is 478 g/mol. The molecule has 2 aliphatic heterocycles. The van der Waals surface area contributed by atoms with Crippen molar-refractivity contribution in [1.29, 1.82) is 0 Å². The molecule has 3 heterocycles. The highest BCUT2D eigenvalue weighted by Gasteiger charge is 2.27. The number of fused-ring (bicyclic) bond motifs is 1. The van der Waals surface area contributed by atoms with Crippen LogP contribution >= 0.6 is 0 Å². The number of hydrogen-bond acceptors (Lipinski definition) is 5. The number of amides is 1. The molecular weight excluding hydrogens is 445 g/mol. The van der Waals surface area contributed by atoms with Crippen LogP contribution in [0, 0.1) is 5.82 Å². The van der Waals surface area contributed by atoms with Gasteiger partial charge in [-0.25, -0.2) is 9.37 Å². The summed E-state index contributed by atoms with van der Waals surface area (Å²) in [5.41, 5.74) is 1.60. The van der Waals surface area contributed by atoms with Gasteiger partial charge in [0.05, 0.1) is 6.54 Å². The zero-order chi connectivity index (χ0) is 24.2. The van der Waals surface area contributed by atoms with Crippen LogP contribution in [0.5, 0.6) is 5.75 Å². The van der Waals surface area contributed by atoms with Crippen molar-refractivity contribution < 1.29 is 13.9 Å². The van der Waals surface area contributed by atoms with E-state index in [1.54, 1.807) is 12.1 Å². The number of aromatic nitrogens is 2. The molecule has 3 aromatic rings. The van der Waals surface area contributed by atoms with Gasteiger partial charge in [0.2, 0.25) is 5.91 Å². The van der Waals surface area contributed by atoms with Crippen molar-refractivity contribution in [3.63, 3.8) is 0 Å². The summed E-state index contributed by atoms with van der Waals surface area (Å²) >= 11 is 0. The van der Waals surface area contributed by atoms with E-state index >= 15 is 0 Å². The summed E-state index contributed by atoms with van der Waals surface area (Å²) in [5, 5.41) is 0. The average Bonchev–Trinajstić information content (AvgIpc) is 3.17. The molecule has 1 aromatic heterocycles. The Morgan fingerprint density at radius 2 is 1.83 bits per heavy atom. The Labute approximate surface area is 205 Å². The lowest BCUT2D eigenvalue weighted by Gasteiger charge is -2.35. The first-order valence-electron chi connectivity index (χ1n) is 12.2. The Balaban J connectivity index is 1.19. The van der Waals surface area contributed by atoms with Gasteiger partial charge in [-0.2, -0.15) is 0 Å². The second kappa shape index (κ2) is 10.6. The van der Waals surface area contributed by atoms with Crippen LogP contribution in [0.3, 0.4) is 0 Å². The SMILES string of the molecule is Cn1ccnc1CN1CCN(C(=O)CCN2Cc3ccccc3OC(c3ccccc3F)C2)CC1. The smallest absolute Gasteiger partial charge is 0.223 e. The topological polar surface area (TPSA) is 53.8 Å². The highest BCUT2D eigenvalue weighted by Crippen LogP contribution is 2.32. The Kier molecular flexibility index (Phi) is 7.11. The molecule has 7 nitrogen and oxygen atoms in total. The number of carbonyl (C=O) groups excluding carboxylic acids is 1. The van der Waals surface area contributed by atoms with E-state index in [0.29, 0.717) is 31.6 Å². The van der Waals surface area contributed by atoms with Crippen molar-refractivity contribution in [2.45, 2.75) is 25.6 Å². The van der Waals surface area contributed by atoms with E-state index in [1.165, 1.54) is 6.07 Å². The molecule has 5 rings (SSSR count). The van der Waals surface area contributed by atoms with Crippen molar-refractivity contribution in [3.8, 4) is 5.75 Å². The van der Waals surface area contributed by atoms with Crippen LogP contribution in [-0.2, 0) is 24.9 Å². The van der Waals surface area contributed by atoms with Crippen molar-refractivity contribution in [3.05, 3.63) is 83.7 Å². The fourth-order valence-corrected chi connectivity index (χ4v) is 4.86. The number of halogens is 1. The Hall–Kier alpha value is -3.23. The third-order valence-electron chi connectivity index (χ3n) is 6.96. The van der Waals surface area contributed by atoms with Crippen molar-refractivity contribution in [2.75, 3.05) is 39.3 Å².